The molecule has 23 heavy (non-hydrogen) atoms. The zero-order valence-electron chi connectivity index (χ0n) is 13.3. The molecule has 0 radical (unpaired) electrons. The van der Waals surface area contributed by atoms with E-state index in [4.69, 9.17) is 5.26 Å². The first-order chi connectivity index (χ1) is 11.2. The maximum Gasteiger partial charge on any atom is 0.251 e. The second-order valence-corrected chi connectivity index (χ2v) is 6.12. The van der Waals surface area contributed by atoms with Gasteiger partial charge in [-0.3, -0.25) is 4.79 Å². The molecule has 0 heterocycles. The highest BCUT2D eigenvalue weighted by Gasteiger charge is 2.15. The Balaban J connectivity index is 1.74. The summed E-state index contributed by atoms with van der Waals surface area (Å²) in [4.78, 5) is 12.4. The van der Waals surface area contributed by atoms with Crippen molar-refractivity contribution in [3.8, 4) is 6.07 Å². The molecule has 3 nitrogen and oxygen atoms in total. The molecule has 0 saturated heterocycles. The van der Waals surface area contributed by atoms with Crippen molar-refractivity contribution in [3.63, 3.8) is 0 Å². The maximum absolute atomic E-state index is 12.4. The van der Waals surface area contributed by atoms with E-state index in [1.165, 1.54) is 24.0 Å². The third kappa shape index (κ3) is 3.43. The summed E-state index contributed by atoms with van der Waals surface area (Å²) in [6.07, 6.45) is 4.82. The van der Waals surface area contributed by atoms with Gasteiger partial charge >= 0.3 is 0 Å². The Hall–Kier alpha value is -2.60. The monoisotopic (exact) mass is 304 g/mol. The molecule has 1 aliphatic rings. The lowest BCUT2D eigenvalue weighted by atomic mass is 9.89. The molecule has 1 atom stereocenters. The minimum Gasteiger partial charge on any atom is -0.346 e. The van der Waals surface area contributed by atoms with Crippen molar-refractivity contribution < 1.29 is 4.79 Å². The fourth-order valence-corrected chi connectivity index (χ4v) is 3.12. The van der Waals surface area contributed by atoms with E-state index in [0.29, 0.717) is 11.1 Å². The molecule has 1 unspecified atom stereocenters. The summed E-state index contributed by atoms with van der Waals surface area (Å²) in [5.74, 6) is -0.146. The van der Waals surface area contributed by atoms with Crippen LogP contribution in [0.3, 0.4) is 0 Å². The number of nitriles is 1. The van der Waals surface area contributed by atoms with Gasteiger partial charge in [0.1, 0.15) is 0 Å². The predicted octanol–water partition coefficient (Wildman–Crippen LogP) is 3.93. The first-order valence-electron chi connectivity index (χ1n) is 8.10. The maximum atomic E-state index is 12.4. The summed E-state index contributed by atoms with van der Waals surface area (Å²) >= 11 is 0. The molecule has 0 aliphatic heterocycles. The fourth-order valence-electron chi connectivity index (χ4n) is 3.12. The molecule has 1 N–H and O–H groups in total. The van der Waals surface area contributed by atoms with Crippen LogP contribution in [0.5, 0.6) is 0 Å². The standard InChI is InChI=1S/C20H20N2O/c1-14(17-10-9-16-6-2-3-7-18(16)12-17)22-20(23)19-8-4-5-15(11-19)13-21/h4-5,8-12,14H,2-3,6-7H2,1H3,(H,22,23). The van der Waals surface area contributed by atoms with Gasteiger partial charge in [-0.2, -0.15) is 5.26 Å². The van der Waals surface area contributed by atoms with E-state index < -0.39 is 0 Å². The van der Waals surface area contributed by atoms with Gasteiger partial charge in [0.2, 0.25) is 0 Å². The average molecular weight is 304 g/mol. The molecule has 0 aromatic heterocycles. The lowest BCUT2D eigenvalue weighted by molar-refractivity contribution is 0.0940. The van der Waals surface area contributed by atoms with E-state index in [1.54, 1.807) is 24.3 Å². The van der Waals surface area contributed by atoms with Gasteiger partial charge in [-0.15, -0.1) is 0 Å². The Labute approximate surface area is 137 Å². The highest BCUT2D eigenvalue weighted by Crippen LogP contribution is 2.25. The number of fused-ring (bicyclic) bond motifs is 1. The van der Waals surface area contributed by atoms with E-state index in [9.17, 15) is 4.79 Å². The Kier molecular flexibility index (Phi) is 4.43. The van der Waals surface area contributed by atoms with Crippen LogP contribution in [0.15, 0.2) is 42.5 Å². The first kappa shape index (κ1) is 15.3. The molecule has 0 bridgehead atoms. The normalized spacial score (nSPS) is 14.4. The van der Waals surface area contributed by atoms with Gasteiger partial charge in [0.05, 0.1) is 17.7 Å². The Morgan fingerprint density at radius 1 is 1.13 bits per heavy atom. The van der Waals surface area contributed by atoms with Crippen LogP contribution >= 0.6 is 0 Å². The van der Waals surface area contributed by atoms with Crippen LogP contribution in [0, 0.1) is 11.3 Å². The van der Waals surface area contributed by atoms with Crippen LogP contribution < -0.4 is 5.32 Å². The molecule has 0 saturated carbocycles. The Morgan fingerprint density at radius 2 is 1.91 bits per heavy atom. The van der Waals surface area contributed by atoms with Crippen LogP contribution in [-0.4, -0.2) is 5.91 Å². The third-order valence-electron chi connectivity index (χ3n) is 4.47. The van der Waals surface area contributed by atoms with Gasteiger partial charge in [0, 0.05) is 5.56 Å². The van der Waals surface area contributed by atoms with Crippen molar-refractivity contribution in [2.45, 2.75) is 38.6 Å². The van der Waals surface area contributed by atoms with E-state index in [1.807, 2.05) is 6.92 Å². The SMILES string of the molecule is CC(NC(=O)c1cccc(C#N)c1)c1ccc2c(c1)CCCC2. The fraction of sp³-hybridized carbons (Fsp3) is 0.300. The van der Waals surface area contributed by atoms with Gasteiger partial charge in [0.25, 0.3) is 5.91 Å². The molecule has 0 fully saturated rings. The second kappa shape index (κ2) is 6.66. The van der Waals surface area contributed by atoms with E-state index in [-0.39, 0.29) is 11.9 Å². The largest absolute Gasteiger partial charge is 0.346 e. The lowest BCUT2D eigenvalue weighted by Gasteiger charge is -2.20. The molecule has 3 rings (SSSR count). The highest BCUT2D eigenvalue weighted by molar-refractivity contribution is 5.94. The van der Waals surface area contributed by atoms with Crippen LogP contribution in [0.2, 0.25) is 0 Å². The van der Waals surface area contributed by atoms with Gasteiger partial charge in [-0.1, -0.05) is 24.3 Å². The molecule has 0 spiro atoms. The summed E-state index contributed by atoms with van der Waals surface area (Å²) in [6.45, 7) is 2.00. The predicted molar refractivity (Wildman–Crippen MR) is 90.1 cm³/mol. The summed E-state index contributed by atoms with van der Waals surface area (Å²) < 4.78 is 0. The topological polar surface area (TPSA) is 52.9 Å². The van der Waals surface area contributed by atoms with Crippen molar-refractivity contribution in [1.82, 2.24) is 5.32 Å². The van der Waals surface area contributed by atoms with Gasteiger partial charge in [-0.25, -0.2) is 0 Å². The number of nitrogens with zero attached hydrogens (tertiary/aromatic N) is 1. The van der Waals surface area contributed by atoms with E-state index in [2.05, 4.69) is 29.6 Å². The number of hydrogen-bond donors (Lipinski definition) is 1. The van der Waals surface area contributed by atoms with Crippen molar-refractivity contribution in [3.05, 3.63) is 70.3 Å². The number of carbonyl (C=O) groups is 1. The molecule has 3 heteroatoms. The first-order valence-corrected chi connectivity index (χ1v) is 8.10. The minimum atomic E-state index is -0.146. The van der Waals surface area contributed by atoms with Gasteiger partial charge in [0.15, 0.2) is 0 Å². The minimum absolute atomic E-state index is 0.0551. The molecular formula is C20H20N2O. The van der Waals surface area contributed by atoms with Gasteiger partial charge in [-0.05, 0) is 67.5 Å². The smallest absolute Gasteiger partial charge is 0.251 e. The summed E-state index contributed by atoms with van der Waals surface area (Å²) in [7, 11) is 0. The van der Waals surface area contributed by atoms with Crippen LogP contribution in [0.25, 0.3) is 0 Å². The zero-order valence-corrected chi connectivity index (χ0v) is 13.3. The van der Waals surface area contributed by atoms with Crippen LogP contribution in [0.1, 0.15) is 58.4 Å². The number of aryl methyl sites for hydroxylation is 2. The number of benzene rings is 2. The molecule has 1 amide bonds. The summed E-state index contributed by atoms with van der Waals surface area (Å²) in [6, 6.07) is 15.3. The number of hydrogen-bond acceptors (Lipinski definition) is 2. The number of carbonyl (C=O) groups excluding carboxylic acids is 1. The molecule has 2 aromatic carbocycles. The summed E-state index contributed by atoms with van der Waals surface area (Å²) in [5.41, 5.74) is 5.02. The van der Waals surface area contributed by atoms with Crippen molar-refractivity contribution >= 4 is 5.91 Å². The van der Waals surface area contributed by atoms with Crippen molar-refractivity contribution in [2.75, 3.05) is 0 Å². The van der Waals surface area contributed by atoms with Crippen molar-refractivity contribution in [2.24, 2.45) is 0 Å². The van der Waals surface area contributed by atoms with Gasteiger partial charge < -0.3 is 5.32 Å². The molecular weight excluding hydrogens is 284 g/mol. The second-order valence-electron chi connectivity index (χ2n) is 6.12. The Bertz CT molecular complexity index is 773. The quantitative estimate of drug-likeness (QED) is 0.934. The lowest BCUT2D eigenvalue weighted by Crippen LogP contribution is -2.26. The van der Waals surface area contributed by atoms with Crippen molar-refractivity contribution in [1.29, 1.82) is 5.26 Å². The number of nitrogens with one attached hydrogen (secondary N) is 1. The van der Waals surface area contributed by atoms with E-state index in [0.717, 1.165) is 18.4 Å². The van der Waals surface area contributed by atoms with Crippen LogP contribution in [-0.2, 0) is 12.8 Å². The molecule has 116 valence electrons. The molecule has 2 aromatic rings. The van der Waals surface area contributed by atoms with Crippen LogP contribution in [0.4, 0.5) is 0 Å². The van der Waals surface area contributed by atoms with E-state index >= 15 is 0 Å². The molecule has 1 aliphatic carbocycles. The number of amides is 1. The highest BCUT2D eigenvalue weighted by atomic mass is 16.1. The third-order valence-corrected chi connectivity index (χ3v) is 4.47. The zero-order chi connectivity index (χ0) is 16.2. The number of rotatable bonds is 3. The Morgan fingerprint density at radius 3 is 2.70 bits per heavy atom. The average Bonchev–Trinajstić information content (AvgIpc) is 2.61. The summed E-state index contributed by atoms with van der Waals surface area (Å²) in [5, 5.41) is 12.0.